The number of carbonyl (C=O) groups is 3. The third kappa shape index (κ3) is 8.21. The summed E-state index contributed by atoms with van der Waals surface area (Å²) in [5.74, 6) is 0.0686. The van der Waals surface area contributed by atoms with Gasteiger partial charge < -0.3 is 20.7 Å². The van der Waals surface area contributed by atoms with Crippen molar-refractivity contribution in [2.24, 2.45) is 11.3 Å². The molecule has 2 heterocycles. The fourth-order valence-corrected chi connectivity index (χ4v) is 6.78. The molecule has 1 aliphatic carbocycles. The maximum atomic E-state index is 13.5. The van der Waals surface area contributed by atoms with Crippen molar-refractivity contribution < 1.29 is 19.1 Å². The summed E-state index contributed by atoms with van der Waals surface area (Å²) >= 11 is 6.19. The maximum Gasteiger partial charge on any atom is 0.255 e. The molecule has 3 aliphatic rings. The van der Waals surface area contributed by atoms with Crippen LogP contribution >= 0.6 is 11.6 Å². The predicted octanol–water partition coefficient (Wildman–Crippen LogP) is 5.54. The Bertz CT molecular complexity index is 1380. The molecule has 0 saturated carbocycles. The molecule has 8 nitrogen and oxygen atoms in total. The molecule has 3 amide bonds. The van der Waals surface area contributed by atoms with Gasteiger partial charge in [0.15, 0.2) is 0 Å². The number of carbonyl (C=O) groups excluding carboxylic acids is 3. The van der Waals surface area contributed by atoms with Crippen molar-refractivity contribution in [1.82, 2.24) is 15.5 Å². The summed E-state index contributed by atoms with van der Waals surface area (Å²) in [6.45, 7) is 6.76. The lowest BCUT2D eigenvalue weighted by atomic mass is 9.75. The second-order valence-electron chi connectivity index (χ2n) is 13.0. The number of nitrogens with one attached hydrogen (secondary N) is 3. The third-order valence-electron chi connectivity index (χ3n) is 9.16. The molecule has 3 N–H and O–H groups in total. The molecule has 0 bridgehead atoms. The number of hydrogen-bond acceptors (Lipinski definition) is 5. The van der Waals surface area contributed by atoms with Crippen LogP contribution in [-0.2, 0) is 22.4 Å². The zero-order valence-corrected chi connectivity index (χ0v) is 26.7. The first kappa shape index (κ1) is 32.0. The molecule has 1 fully saturated rings. The van der Waals surface area contributed by atoms with Gasteiger partial charge in [-0.05, 0) is 111 Å². The minimum Gasteiger partial charge on any atom is -0.489 e. The summed E-state index contributed by atoms with van der Waals surface area (Å²) in [7, 11) is 0. The molecule has 0 unspecified atom stereocenters. The zero-order chi connectivity index (χ0) is 31.1. The Balaban J connectivity index is 1.25. The number of piperidine rings is 1. The van der Waals surface area contributed by atoms with E-state index in [0.717, 1.165) is 57.3 Å². The van der Waals surface area contributed by atoms with Gasteiger partial charge in [-0.3, -0.25) is 19.3 Å². The Kier molecular flexibility index (Phi) is 10.6. The van der Waals surface area contributed by atoms with Gasteiger partial charge in [-0.25, -0.2) is 0 Å². The van der Waals surface area contributed by atoms with E-state index >= 15 is 0 Å². The third-order valence-corrected chi connectivity index (χ3v) is 9.39. The van der Waals surface area contributed by atoms with Crippen molar-refractivity contribution >= 4 is 35.0 Å². The quantitative estimate of drug-likeness (QED) is 0.381. The van der Waals surface area contributed by atoms with E-state index in [-0.39, 0.29) is 29.1 Å². The predicted molar refractivity (Wildman–Crippen MR) is 174 cm³/mol. The number of likely N-dealkylation sites (tertiary alicyclic amines) is 1. The van der Waals surface area contributed by atoms with E-state index in [2.05, 4.69) is 33.0 Å². The molecule has 44 heavy (non-hydrogen) atoms. The number of hydrogen-bond donors (Lipinski definition) is 3. The van der Waals surface area contributed by atoms with Crippen LogP contribution in [0.1, 0.15) is 73.9 Å². The minimum absolute atomic E-state index is 0.0186. The lowest BCUT2D eigenvalue weighted by Crippen LogP contribution is -2.52. The number of amides is 3. The normalized spacial score (nSPS) is 21.7. The van der Waals surface area contributed by atoms with Gasteiger partial charge in [0.05, 0.1) is 12.1 Å². The van der Waals surface area contributed by atoms with Crippen LogP contribution in [0.4, 0.5) is 5.69 Å². The standard InChI is InChI=1S/C35H45ClN4O4/c1-24(2)20-30-34(43)37-23-35(14-5-6-19-44-31-13-12-26(36)21-28(31)33(42)39-30)15-17-40(18-16-35)22-32(41)38-29-11-7-9-25-8-3-4-10-27(25)29/h5-7,9,11-13,21,24,30H,3-4,8,10,14-20,22-23H2,1-2H3,(H,37,43)(H,38,41)(H,39,42)/b6-5+/t30-/m0/s1. The molecule has 1 spiro atoms. The minimum atomic E-state index is -0.683. The van der Waals surface area contributed by atoms with Crippen molar-refractivity contribution in [2.45, 2.75) is 71.3 Å². The topological polar surface area (TPSA) is 99.8 Å². The average Bonchev–Trinajstić information content (AvgIpc) is 3.00. The van der Waals surface area contributed by atoms with Gasteiger partial charge in [0, 0.05) is 17.3 Å². The van der Waals surface area contributed by atoms with Gasteiger partial charge in [-0.15, -0.1) is 0 Å². The molecular weight excluding hydrogens is 576 g/mol. The highest BCUT2D eigenvalue weighted by atomic mass is 35.5. The average molecular weight is 621 g/mol. The summed E-state index contributed by atoms with van der Waals surface area (Å²) in [5, 5.41) is 9.72. The molecule has 5 rings (SSSR count). The summed E-state index contributed by atoms with van der Waals surface area (Å²) in [6, 6.07) is 10.5. The maximum absolute atomic E-state index is 13.5. The Morgan fingerprint density at radius 3 is 2.70 bits per heavy atom. The van der Waals surface area contributed by atoms with Crippen LogP contribution in [-0.4, -0.2) is 61.4 Å². The Morgan fingerprint density at radius 1 is 1.11 bits per heavy atom. The molecule has 236 valence electrons. The van der Waals surface area contributed by atoms with E-state index < -0.39 is 6.04 Å². The number of aryl methyl sites for hydroxylation is 1. The van der Waals surface area contributed by atoms with Crippen LogP contribution in [0.25, 0.3) is 0 Å². The first-order chi connectivity index (χ1) is 21.2. The fraction of sp³-hybridized carbons (Fsp3) is 0.514. The van der Waals surface area contributed by atoms with Crippen molar-refractivity contribution in [3.63, 3.8) is 0 Å². The molecule has 2 aromatic carbocycles. The van der Waals surface area contributed by atoms with Crippen LogP contribution in [0.2, 0.25) is 5.02 Å². The lowest BCUT2D eigenvalue weighted by molar-refractivity contribution is -0.124. The largest absolute Gasteiger partial charge is 0.489 e. The molecule has 1 saturated heterocycles. The van der Waals surface area contributed by atoms with Crippen molar-refractivity contribution in [3.8, 4) is 5.75 Å². The summed E-state index contributed by atoms with van der Waals surface area (Å²) in [5.41, 5.74) is 3.75. The molecule has 1 atom stereocenters. The fourth-order valence-electron chi connectivity index (χ4n) is 6.61. The molecular formula is C35H45ClN4O4. The molecule has 2 aliphatic heterocycles. The van der Waals surface area contributed by atoms with Gasteiger partial charge in [0.1, 0.15) is 18.4 Å². The number of halogens is 1. The zero-order valence-electron chi connectivity index (χ0n) is 25.9. The highest BCUT2D eigenvalue weighted by Crippen LogP contribution is 2.35. The van der Waals surface area contributed by atoms with Crippen LogP contribution in [0.3, 0.4) is 0 Å². The first-order valence-corrected chi connectivity index (χ1v) is 16.4. The number of nitrogens with zero attached hydrogens (tertiary/aromatic N) is 1. The van der Waals surface area contributed by atoms with Crippen molar-refractivity contribution in [1.29, 1.82) is 0 Å². The Hall–Kier alpha value is -3.36. The second-order valence-corrected chi connectivity index (χ2v) is 13.4. The van der Waals surface area contributed by atoms with Crippen LogP contribution < -0.4 is 20.7 Å². The van der Waals surface area contributed by atoms with Crippen molar-refractivity contribution in [3.05, 3.63) is 70.3 Å². The van der Waals surface area contributed by atoms with E-state index in [4.69, 9.17) is 16.3 Å². The van der Waals surface area contributed by atoms with Gasteiger partial charge in [-0.1, -0.05) is 49.7 Å². The first-order valence-electron chi connectivity index (χ1n) is 16.0. The Labute approximate surface area is 265 Å². The van der Waals surface area contributed by atoms with Gasteiger partial charge in [-0.2, -0.15) is 0 Å². The van der Waals surface area contributed by atoms with Crippen LogP contribution in [0.5, 0.6) is 5.75 Å². The van der Waals surface area contributed by atoms with E-state index in [1.807, 2.05) is 32.1 Å². The van der Waals surface area contributed by atoms with Gasteiger partial charge in [0.25, 0.3) is 5.91 Å². The highest BCUT2D eigenvalue weighted by Gasteiger charge is 2.36. The number of rotatable bonds is 5. The van der Waals surface area contributed by atoms with E-state index in [1.165, 1.54) is 17.5 Å². The smallest absolute Gasteiger partial charge is 0.255 e. The van der Waals surface area contributed by atoms with Crippen LogP contribution in [0.15, 0.2) is 48.6 Å². The highest BCUT2D eigenvalue weighted by molar-refractivity contribution is 6.31. The number of allylic oxidation sites excluding steroid dienone is 1. The van der Waals surface area contributed by atoms with E-state index in [1.54, 1.807) is 18.2 Å². The van der Waals surface area contributed by atoms with Gasteiger partial charge >= 0.3 is 0 Å². The molecule has 9 heteroatoms. The SMILES string of the molecule is CC(C)C[C@@H]1NC(=O)c2cc(Cl)ccc2OC/C=C/CC2(CCN(CC(=O)Nc3cccc4c3CCCC4)CC2)CNC1=O. The van der Waals surface area contributed by atoms with Crippen LogP contribution in [0, 0.1) is 11.3 Å². The molecule has 0 radical (unpaired) electrons. The van der Waals surface area contributed by atoms with E-state index in [9.17, 15) is 14.4 Å². The Morgan fingerprint density at radius 2 is 1.91 bits per heavy atom. The number of anilines is 1. The number of benzene rings is 2. The molecule has 0 aromatic heterocycles. The molecule has 2 aromatic rings. The number of fused-ring (bicyclic) bond motifs is 2. The monoisotopic (exact) mass is 620 g/mol. The lowest BCUT2D eigenvalue weighted by Gasteiger charge is -2.41. The van der Waals surface area contributed by atoms with Gasteiger partial charge in [0.2, 0.25) is 11.8 Å². The van der Waals surface area contributed by atoms with E-state index in [0.29, 0.717) is 42.5 Å². The second kappa shape index (κ2) is 14.6. The van der Waals surface area contributed by atoms with Crippen molar-refractivity contribution in [2.75, 3.05) is 38.1 Å². The summed E-state index contributed by atoms with van der Waals surface area (Å²) < 4.78 is 5.96. The number of ether oxygens (including phenoxy) is 1. The summed E-state index contributed by atoms with van der Waals surface area (Å²) in [4.78, 5) is 42.1. The summed E-state index contributed by atoms with van der Waals surface area (Å²) in [6.07, 6.45) is 11.5.